The van der Waals surface area contributed by atoms with Crippen LogP contribution in [0.1, 0.15) is 39.5 Å². The molecule has 0 aromatic carbocycles. The first-order valence-corrected chi connectivity index (χ1v) is 4.87. The maximum atomic E-state index is 10.0. The fraction of sp³-hybridized carbons (Fsp3) is 1.00. The fourth-order valence-electron chi connectivity index (χ4n) is 2.07. The molecule has 0 amide bonds. The maximum absolute atomic E-state index is 10.0. The quantitative estimate of drug-likeness (QED) is 0.670. The SMILES string of the molecule is CC1(C(O)C(C)(O)C2CC2)CC1. The number of rotatable bonds is 3. The summed E-state index contributed by atoms with van der Waals surface area (Å²) in [4.78, 5) is 0. The summed E-state index contributed by atoms with van der Waals surface area (Å²) in [6, 6.07) is 0. The van der Waals surface area contributed by atoms with Crippen LogP contribution in [0.4, 0.5) is 0 Å². The van der Waals surface area contributed by atoms with E-state index < -0.39 is 11.7 Å². The normalized spacial score (nSPS) is 34.0. The zero-order valence-corrected chi connectivity index (χ0v) is 7.88. The zero-order valence-electron chi connectivity index (χ0n) is 7.88. The van der Waals surface area contributed by atoms with E-state index in [1.807, 2.05) is 0 Å². The Labute approximate surface area is 73.6 Å². The molecule has 70 valence electrons. The summed E-state index contributed by atoms with van der Waals surface area (Å²) in [6.07, 6.45) is 3.78. The van der Waals surface area contributed by atoms with E-state index in [2.05, 4.69) is 6.92 Å². The van der Waals surface area contributed by atoms with Gasteiger partial charge in [0.05, 0.1) is 11.7 Å². The van der Waals surface area contributed by atoms with Crippen LogP contribution in [-0.2, 0) is 0 Å². The Morgan fingerprint density at radius 1 is 1.42 bits per heavy atom. The number of hydrogen-bond donors (Lipinski definition) is 2. The molecular weight excluding hydrogens is 152 g/mol. The number of aliphatic hydroxyl groups excluding tert-OH is 1. The van der Waals surface area contributed by atoms with Crippen molar-refractivity contribution in [2.24, 2.45) is 11.3 Å². The summed E-state index contributed by atoms with van der Waals surface area (Å²) in [5, 5.41) is 20.0. The van der Waals surface area contributed by atoms with Crippen molar-refractivity contribution in [3.05, 3.63) is 0 Å². The van der Waals surface area contributed by atoms with Gasteiger partial charge in [0.15, 0.2) is 0 Å². The Hall–Kier alpha value is -0.0800. The molecule has 2 aliphatic carbocycles. The van der Waals surface area contributed by atoms with E-state index in [9.17, 15) is 10.2 Å². The summed E-state index contributed by atoms with van der Waals surface area (Å²) in [5.74, 6) is 0.352. The minimum atomic E-state index is -0.828. The lowest BCUT2D eigenvalue weighted by molar-refractivity contribution is -0.106. The van der Waals surface area contributed by atoms with Crippen LogP contribution in [0, 0.1) is 11.3 Å². The zero-order chi connectivity index (χ0) is 8.98. The van der Waals surface area contributed by atoms with Crippen molar-refractivity contribution in [3.8, 4) is 0 Å². The summed E-state index contributed by atoms with van der Waals surface area (Å²) in [6.45, 7) is 3.85. The van der Waals surface area contributed by atoms with Crippen LogP contribution < -0.4 is 0 Å². The number of aliphatic hydroxyl groups is 2. The molecule has 0 aromatic heterocycles. The van der Waals surface area contributed by atoms with E-state index >= 15 is 0 Å². The third kappa shape index (κ3) is 1.17. The van der Waals surface area contributed by atoms with Crippen LogP contribution in [0.5, 0.6) is 0 Å². The monoisotopic (exact) mass is 170 g/mol. The van der Waals surface area contributed by atoms with E-state index in [4.69, 9.17) is 0 Å². The molecule has 2 saturated carbocycles. The molecule has 2 nitrogen and oxygen atoms in total. The second kappa shape index (κ2) is 2.24. The topological polar surface area (TPSA) is 40.5 Å². The highest BCUT2D eigenvalue weighted by molar-refractivity contribution is 5.07. The lowest BCUT2D eigenvalue weighted by Crippen LogP contribution is -2.46. The second-order valence-corrected chi connectivity index (χ2v) is 5.06. The molecule has 0 spiro atoms. The molecule has 2 atom stereocenters. The van der Waals surface area contributed by atoms with E-state index in [1.54, 1.807) is 6.92 Å². The van der Waals surface area contributed by atoms with Crippen molar-refractivity contribution in [1.82, 2.24) is 0 Å². The molecule has 2 rings (SSSR count). The Morgan fingerprint density at radius 3 is 2.25 bits per heavy atom. The molecule has 0 saturated heterocycles. The highest BCUT2D eigenvalue weighted by atomic mass is 16.3. The van der Waals surface area contributed by atoms with Crippen molar-refractivity contribution in [2.75, 3.05) is 0 Å². The molecule has 2 unspecified atom stereocenters. The van der Waals surface area contributed by atoms with E-state index in [0.717, 1.165) is 25.7 Å². The van der Waals surface area contributed by atoms with Gasteiger partial charge in [-0.25, -0.2) is 0 Å². The molecule has 0 aliphatic heterocycles. The first-order valence-electron chi connectivity index (χ1n) is 4.87. The molecule has 0 radical (unpaired) electrons. The van der Waals surface area contributed by atoms with E-state index in [1.165, 1.54) is 0 Å². The average molecular weight is 170 g/mol. The summed E-state index contributed by atoms with van der Waals surface area (Å²) in [7, 11) is 0. The summed E-state index contributed by atoms with van der Waals surface area (Å²) >= 11 is 0. The van der Waals surface area contributed by atoms with Gasteiger partial charge in [-0.2, -0.15) is 0 Å². The van der Waals surface area contributed by atoms with Crippen LogP contribution in [0.2, 0.25) is 0 Å². The van der Waals surface area contributed by atoms with Gasteiger partial charge in [-0.1, -0.05) is 6.92 Å². The van der Waals surface area contributed by atoms with E-state index in [0.29, 0.717) is 5.92 Å². The van der Waals surface area contributed by atoms with Gasteiger partial charge in [0.1, 0.15) is 0 Å². The Morgan fingerprint density at radius 2 is 1.92 bits per heavy atom. The van der Waals surface area contributed by atoms with Gasteiger partial charge < -0.3 is 10.2 Å². The molecule has 2 aliphatic rings. The molecular formula is C10H18O2. The summed E-state index contributed by atoms with van der Waals surface area (Å²) in [5.41, 5.74) is -0.808. The minimum absolute atomic E-state index is 0.0199. The maximum Gasteiger partial charge on any atom is 0.0910 e. The molecule has 0 aromatic rings. The second-order valence-electron chi connectivity index (χ2n) is 5.06. The van der Waals surface area contributed by atoms with Gasteiger partial charge in [-0.15, -0.1) is 0 Å². The van der Waals surface area contributed by atoms with Gasteiger partial charge in [-0.3, -0.25) is 0 Å². The van der Waals surface area contributed by atoms with Crippen LogP contribution in [0.25, 0.3) is 0 Å². The highest BCUT2D eigenvalue weighted by Crippen LogP contribution is 2.55. The van der Waals surface area contributed by atoms with Crippen LogP contribution in [-0.4, -0.2) is 21.9 Å². The standard InChI is InChI=1S/C10H18O2/c1-9(5-6-9)8(11)10(2,12)7-3-4-7/h7-8,11-12H,3-6H2,1-2H3. The predicted octanol–water partition coefficient (Wildman–Crippen LogP) is 1.31. The Balaban J connectivity index is 2.06. The molecule has 2 heteroatoms. The lowest BCUT2D eigenvalue weighted by atomic mass is 9.83. The lowest BCUT2D eigenvalue weighted by Gasteiger charge is -2.33. The van der Waals surface area contributed by atoms with Gasteiger partial charge in [0.2, 0.25) is 0 Å². The Kier molecular flexibility index (Phi) is 1.59. The van der Waals surface area contributed by atoms with Crippen molar-refractivity contribution in [1.29, 1.82) is 0 Å². The van der Waals surface area contributed by atoms with Crippen LogP contribution in [0.15, 0.2) is 0 Å². The van der Waals surface area contributed by atoms with Crippen molar-refractivity contribution >= 4 is 0 Å². The van der Waals surface area contributed by atoms with Gasteiger partial charge in [0.25, 0.3) is 0 Å². The fourth-order valence-corrected chi connectivity index (χ4v) is 2.07. The van der Waals surface area contributed by atoms with Gasteiger partial charge >= 0.3 is 0 Å². The molecule has 0 heterocycles. The van der Waals surface area contributed by atoms with E-state index in [-0.39, 0.29) is 5.41 Å². The summed E-state index contributed by atoms with van der Waals surface area (Å²) < 4.78 is 0. The minimum Gasteiger partial charge on any atom is -0.390 e. The average Bonchev–Trinajstić information content (AvgIpc) is 2.79. The van der Waals surface area contributed by atoms with Gasteiger partial charge in [0, 0.05) is 0 Å². The Bertz CT molecular complexity index is 190. The third-order valence-electron chi connectivity index (χ3n) is 3.66. The number of hydrogen-bond acceptors (Lipinski definition) is 2. The first kappa shape index (κ1) is 8.52. The largest absolute Gasteiger partial charge is 0.390 e. The van der Waals surface area contributed by atoms with Crippen molar-refractivity contribution in [3.63, 3.8) is 0 Å². The van der Waals surface area contributed by atoms with Crippen molar-refractivity contribution < 1.29 is 10.2 Å². The smallest absolute Gasteiger partial charge is 0.0910 e. The highest BCUT2D eigenvalue weighted by Gasteiger charge is 2.56. The molecule has 12 heavy (non-hydrogen) atoms. The molecule has 0 bridgehead atoms. The predicted molar refractivity (Wildman–Crippen MR) is 46.7 cm³/mol. The third-order valence-corrected chi connectivity index (χ3v) is 3.66. The van der Waals surface area contributed by atoms with Crippen LogP contribution in [0.3, 0.4) is 0 Å². The van der Waals surface area contributed by atoms with Crippen LogP contribution >= 0.6 is 0 Å². The molecule has 2 fully saturated rings. The van der Waals surface area contributed by atoms with Crippen molar-refractivity contribution in [2.45, 2.75) is 51.2 Å². The first-order chi connectivity index (χ1) is 5.47. The molecule has 2 N–H and O–H groups in total. The van der Waals surface area contributed by atoms with Gasteiger partial charge in [-0.05, 0) is 43.9 Å².